The minimum Gasteiger partial charge on any atom is -0.497 e. The van der Waals surface area contributed by atoms with Crippen LogP contribution < -0.4 is 14.8 Å². The molecule has 0 aliphatic rings. The van der Waals surface area contributed by atoms with Gasteiger partial charge in [0.05, 0.1) is 32.0 Å². The fourth-order valence-corrected chi connectivity index (χ4v) is 4.56. The number of ether oxygens (including phenoxy) is 2. The Morgan fingerprint density at radius 3 is 2.55 bits per heavy atom. The number of carbonyl (C=O) groups is 1. The third-order valence-electron chi connectivity index (χ3n) is 4.63. The molecule has 0 saturated heterocycles. The van der Waals surface area contributed by atoms with Crippen LogP contribution in [0.5, 0.6) is 11.5 Å². The maximum atomic E-state index is 12.5. The normalized spacial score (nSPS) is 10.7. The number of anilines is 1. The number of hydrogen-bond acceptors (Lipinski definition) is 7. The molecule has 2 heterocycles. The zero-order valence-corrected chi connectivity index (χ0v) is 19.0. The van der Waals surface area contributed by atoms with Crippen LogP contribution in [-0.2, 0) is 11.2 Å². The second-order valence-electron chi connectivity index (χ2n) is 6.84. The number of aryl methyl sites for hydroxylation is 1. The van der Waals surface area contributed by atoms with E-state index in [-0.39, 0.29) is 12.3 Å². The van der Waals surface area contributed by atoms with Crippen LogP contribution in [0.2, 0.25) is 0 Å². The summed E-state index contributed by atoms with van der Waals surface area (Å²) in [6.45, 7) is 2.05. The molecule has 1 amide bonds. The molecule has 1 N–H and O–H groups in total. The lowest BCUT2D eigenvalue weighted by Gasteiger charge is -2.08. The Hall–Kier alpha value is -3.23. The van der Waals surface area contributed by atoms with Crippen LogP contribution in [-0.4, -0.2) is 30.1 Å². The Bertz CT molecular complexity index is 1200. The number of rotatable bonds is 7. The van der Waals surface area contributed by atoms with Crippen LogP contribution in [0.15, 0.2) is 53.2 Å². The predicted octanol–water partition coefficient (Wildman–Crippen LogP) is 5.44. The van der Waals surface area contributed by atoms with E-state index in [9.17, 15) is 4.79 Å². The van der Waals surface area contributed by atoms with E-state index in [1.165, 1.54) is 28.2 Å². The molecule has 0 radical (unpaired) electrons. The van der Waals surface area contributed by atoms with Gasteiger partial charge >= 0.3 is 0 Å². The number of nitrogens with zero attached hydrogens (tertiary/aromatic N) is 2. The fourth-order valence-electron chi connectivity index (χ4n) is 3.01. The van der Waals surface area contributed by atoms with Crippen molar-refractivity contribution in [3.8, 4) is 33.3 Å². The lowest BCUT2D eigenvalue weighted by atomic mass is 10.1. The third-order valence-corrected chi connectivity index (χ3v) is 6.33. The molecule has 0 aliphatic carbocycles. The summed E-state index contributed by atoms with van der Waals surface area (Å²) in [4.78, 5) is 21.6. The first-order valence-corrected chi connectivity index (χ1v) is 11.3. The van der Waals surface area contributed by atoms with Crippen LogP contribution in [0.1, 0.15) is 11.3 Å². The SMILES string of the molecule is COc1ccc(-c2csc(NC(=O)Cc3csc(-c4ccc(C)cc4)n3)n2)c(OC)c1. The summed E-state index contributed by atoms with van der Waals surface area (Å²) >= 11 is 2.91. The minimum absolute atomic E-state index is 0.150. The smallest absolute Gasteiger partial charge is 0.232 e. The maximum absolute atomic E-state index is 12.5. The molecule has 0 aliphatic heterocycles. The first-order valence-electron chi connectivity index (χ1n) is 9.55. The lowest BCUT2D eigenvalue weighted by molar-refractivity contribution is -0.115. The summed E-state index contributed by atoms with van der Waals surface area (Å²) in [5.74, 6) is 1.22. The number of amides is 1. The van der Waals surface area contributed by atoms with Gasteiger partial charge in [0.15, 0.2) is 5.13 Å². The Balaban J connectivity index is 1.42. The number of thiazole rings is 2. The second kappa shape index (κ2) is 9.28. The molecule has 2 aromatic carbocycles. The highest BCUT2D eigenvalue weighted by Crippen LogP contribution is 2.35. The van der Waals surface area contributed by atoms with Gasteiger partial charge in [-0.05, 0) is 19.1 Å². The number of carbonyl (C=O) groups excluding carboxylic acids is 1. The van der Waals surface area contributed by atoms with Crippen molar-refractivity contribution in [2.45, 2.75) is 13.3 Å². The quantitative estimate of drug-likeness (QED) is 0.405. The van der Waals surface area contributed by atoms with Gasteiger partial charge in [-0.25, -0.2) is 9.97 Å². The van der Waals surface area contributed by atoms with Crippen LogP contribution >= 0.6 is 22.7 Å². The van der Waals surface area contributed by atoms with E-state index in [0.29, 0.717) is 16.6 Å². The topological polar surface area (TPSA) is 73.3 Å². The van der Waals surface area contributed by atoms with E-state index in [1.807, 2.05) is 35.0 Å². The molecule has 0 spiro atoms. The molecule has 31 heavy (non-hydrogen) atoms. The van der Waals surface area contributed by atoms with Gasteiger partial charge in [0.25, 0.3) is 0 Å². The van der Waals surface area contributed by atoms with E-state index < -0.39 is 0 Å². The van der Waals surface area contributed by atoms with Crippen LogP contribution in [0.3, 0.4) is 0 Å². The van der Waals surface area contributed by atoms with Crippen LogP contribution in [0, 0.1) is 6.92 Å². The standard InChI is InChI=1S/C23H21N3O3S2/c1-14-4-6-15(7-5-14)22-24-16(12-30-22)10-21(27)26-23-25-19(13-31-23)18-9-8-17(28-2)11-20(18)29-3/h4-9,11-13H,10H2,1-3H3,(H,25,26,27). The van der Waals surface area contributed by atoms with Crippen molar-refractivity contribution in [2.24, 2.45) is 0 Å². The highest BCUT2D eigenvalue weighted by atomic mass is 32.1. The van der Waals surface area contributed by atoms with E-state index in [0.717, 1.165) is 27.5 Å². The van der Waals surface area contributed by atoms with Gasteiger partial charge in [-0.15, -0.1) is 22.7 Å². The molecule has 4 rings (SSSR count). The number of hydrogen-bond donors (Lipinski definition) is 1. The van der Waals surface area contributed by atoms with Gasteiger partial charge in [0, 0.05) is 28.0 Å². The van der Waals surface area contributed by atoms with Gasteiger partial charge in [-0.2, -0.15) is 0 Å². The van der Waals surface area contributed by atoms with Gasteiger partial charge in [-0.1, -0.05) is 29.8 Å². The Morgan fingerprint density at radius 2 is 1.81 bits per heavy atom. The highest BCUT2D eigenvalue weighted by Gasteiger charge is 2.14. The summed E-state index contributed by atoms with van der Waals surface area (Å²) < 4.78 is 10.7. The minimum atomic E-state index is -0.150. The fraction of sp³-hybridized carbons (Fsp3) is 0.174. The van der Waals surface area contributed by atoms with E-state index in [1.54, 1.807) is 20.3 Å². The van der Waals surface area contributed by atoms with Gasteiger partial charge < -0.3 is 14.8 Å². The zero-order chi connectivity index (χ0) is 21.8. The summed E-state index contributed by atoms with van der Waals surface area (Å²) in [5, 5.41) is 8.12. The van der Waals surface area contributed by atoms with E-state index >= 15 is 0 Å². The number of aromatic nitrogens is 2. The molecule has 2 aromatic heterocycles. The third kappa shape index (κ3) is 4.92. The van der Waals surface area contributed by atoms with Crippen LogP contribution in [0.4, 0.5) is 5.13 Å². The number of benzene rings is 2. The molecule has 8 heteroatoms. The van der Waals surface area contributed by atoms with Crippen molar-refractivity contribution in [2.75, 3.05) is 19.5 Å². The molecule has 0 saturated carbocycles. The first kappa shape index (κ1) is 21.0. The molecule has 0 bridgehead atoms. The van der Waals surface area contributed by atoms with Gasteiger partial charge in [0.2, 0.25) is 5.91 Å². The van der Waals surface area contributed by atoms with Crippen molar-refractivity contribution in [1.29, 1.82) is 0 Å². The zero-order valence-electron chi connectivity index (χ0n) is 17.3. The van der Waals surface area contributed by atoms with Crippen molar-refractivity contribution in [3.63, 3.8) is 0 Å². The van der Waals surface area contributed by atoms with Gasteiger partial charge in [0.1, 0.15) is 16.5 Å². The number of nitrogens with one attached hydrogen (secondary N) is 1. The molecule has 158 valence electrons. The van der Waals surface area contributed by atoms with Crippen LogP contribution in [0.25, 0.3) is 21.8 Å². The summed E-state index contributed by atoms with van der Waals surface area (Å²) in [7, 11) is 3.21. The molecule has 0 fully saturated rings. The molecular formula is C23H21N3O3S2. The molecule has 0 atom stereocenters. The van der Waals surface area contributed by atoms with Crippen molar-refractivity contribution in [1.82, 2.24) is 9.97 Å². The first-order chi connectivity index (χ1) is 15.1. The molecule has 4 aromatic rings. The Kier molecular flexibility index (Phi) is 6.29. The van der Waals surface area contributed by atoms with Crippen molar-refractivity contribution < 1.29 is 14.3 Å². The predicted molar refractivity (Wildman–Crippen MR) is 125 cm³/mol. The average molecular weight is 452 g/mol. The highest BCUT2D eigenvalue weighted by molar-refractivity contribution is 7.14. The van der Waals surface area contributed by atoms with E-state index in [2.05, 4.69) is 34.3 Å². The van der Waals surface area contributed by atoms with Gasteiger partial charge in [-0.3, -0.25) is 4.79 Å². The molecule has 6 nitrogen and oxygen atoms in total. The summed E-state index contributed by atoms with van der Waals surface area (Å²) in [6, 6.07) is 13.7. The molecule has 0 unspecified atom stereocenters. The largest absolute Gasteiger partial charge is 0.497 e. The Morgan fingerprint density at radius 1 is 1.00 bits per heavy atom. The number of methoxy groups -OCH3 is 2. The monoisotopic (exact) mass is 451 g/mol. The second-order valence-corrected chi connectivity index (χ2v) is 8.56. The lowest BCUT2D eigenvalue weighted by Crippen LogP contribution is -2.14. The average Bonchev–Trinajstić information content (AvgIpc) is 3.43. The van der Waals surface area contributed by atoms with E-state index in [4.69, 9.17) is 9.47 Å². The Labute approximate surface area is 188 Å². The van der Waals surface area contributed by atoms with Crippen molar-refractivity contribution >= 4 is 33.7 Å². The summed E-state index contributed by atoms with van der Waals surface area (Å²) in [5.41, 5.74) is 4.57. The maximum Gasteiger partial charge on any atom is 0.232 e. The van der Waals surface area contributed by atoms with Crippen molar-refractivity contribution in [3.05, 3.63) is 64.5 Å². The summed E-state index contributed by atoms with van der Waals surface area (Å²) in [6.07, 6.45) is 0.198. The molecular weight excluding hydrogens is 430 g/mol.